The Morgan fingerprint density at radius 2 is 2.42 bits per heavy atom. The lowest BCUT2D eigenvalue weighted by Crippen LogP contribution is -2.47. The largest absolute Gasteiger partial charge is 0.465 e. The first-order valence-corrected chi connectivity index (χ1v) is 4.10. The van der Waals surface area contributed by atoms with Crippen LogP contribution < -0.4 is 5.32 Å². The molecular formula is C7H12N2O3. The molecule has 2 saturated heterocycles. The molecule has 5 nitrogen and oxygen atoms in total. The van der Waals surface area contributed by atoms with Crippen molar-refractivity contribution in [3.8, 4) is 0 Å². The zero-order valence-electron chi connectivity index (χ0n) is 6.69. The highest BCUT2D eigenvalue weighted by Crippen LogP contribution is 2.15. The summed E-state index contributed by atoms with van der Waals surface area (Å²) in [5.74, 6) is 0. The normalized spacial score (nSPS) is 34.8. The highest BCUT2D eigenvalue weighted by atomic mass is 16.5. The van der Waals surface area contributed by atoms with E-state index in [0.29, 0.717) is 19.7 Å². The van der Waals surface area contributed by atoms with E-state index in [1.807, 2.05) is 0 Å². The van der Waals surface area contributed by atoms with Crippen LogP contribution in [0.25, 0.3) is 0 Å². The van der Waals surface area contributed by atoms with Crippen molar-refractivity contribution in [2.75, 3.05) is 26.2 Å². The second-order valence-corrected chi connectivity index (χ2v) is 3.16. The fourth-order valence-corrected chi connectivity index (χ4v) is 1.75. The number of hydrogen-bond donors (Lipinski definition) is 2. The van der Waals surface area contributed by atoms with Crippen molar-refractivity contribution >= 4 is 6.09 Å². The minimum Gasteiger partial charge on any atom is -0.465 e. The summed E-state index contributed by atoms with van der Waals surface area (Å²) in [6.07, 6.45) is -0.787. The molecule has 0 aromatic rings. The molecular weight excluding hydrogens is 160 g/mol. The fraction of sp³-hybridized carbons (Fsp3) is 0.857. The van der Waals surface area contributed by atoms with E-state index in [9.17, 15) is 4.79 Å². The van der Waals surface area contributed by atoms with Crippen molar-refractivity contribution in [2.24, 2.45) is 0 Å². The third-order valence-electron chi connectivity index (χ3n) is 2.38. The summed E-state index contributed by atoms with van der Waals surface area (Å²) in [7, 11) is 0. The van der Waals surface area contributed by atoms with Gasteiger partial charge >= 0.3 is 6.09 Å². The number of likely N-dealkylation sites (tertiary alicyclic amines) is 1. The van der Waals surface area contributed by atoms with E-state index in [2.05, 4.69) is 5.32 Å². The van der Waals surface area contributed by atoms with Crippen molar-refractivity contribution in [3.63, 3.8) is 0 Å². The van der Waals surface area contributed by atoms with Crippen LogP contribution in [-0.2, 0) is 4.74 Å². The first-order chi connectivity index (χ1) is 5.77. The Kier molecular flexibility index (Phi) is 1.90. The Labute approximate surface area is 70.3 Å². The summed E-state index contributed by atoms with van der Waals surface area (Å²) < 4.78 is 5.41. The van der Waals surface area contributed by atoms with Gasteiger partial charge in [-0.05, 0) is 0 Å². The molecule has 0 saturated carbocycles. The molecule has 2 atom stereocenters. The maximum Gasteiger partial charge on any atom is 0.407 e. The number of morpholine rings is 1. The smallest absolute Gasteiger partial charge is 0.407 e. The average molecular weight is 172 g/mol. The summed E-state index contributed by atoms with van der Waals surface area (Å²) in [5.41, 5.74) is 0. The molecule has 1 amide bonds. The quantitative estimate of drug-likeness (QED) is 0.509. The molecule has 2 aliphatic rings. The van der Waals surface area contributed by atoms with Gasteiger partial charge in [0.15, 0.2) is 0 Å². The van der Waals surface area contributed by atoms with Gasteiger partial charge in [0.2, 0.25) is 0 Å². The van der Waals surface area contributed by atoms with Crippen LogP contribution in [0.5, 0.6) is 0 Å². The van der Waals surface area contributed by atoms with Gasteiger partial charge in [-0.1, -0.05) is 0 Å². The van der Waals surface area contributed by atoms with Crippen molar-refractivity contribution in [1.29, 1.82) is 0 Å². The molecule has 2 aliphatic heterocycles. The molecule has 0 spiro atoms. The Hall–Kier alpha value is -0.810. The van der Waals surface area contributed by atoms with Gasteiger partial charge in [-0.3, -0.25) is 0 Å². The zero-order chi connectivity index (χ0) is 8.55. The minimum atomic E-state index is -0.852. The van der Waals surface area contributed by atoms with E-state index >= 15 is 0 Å². The van der Waals surface area contributed by atoms with Gasteiger partial charge < -0.3 is 20.1 Å². The SMILES string of the molecule is O=C(O)N1C[C@@H]2NCCO[C@H]2C1. The van der Waals surface area contributed by atoms with Crippen LogP contribution in [0.1, 0.15) is 0 Å². The average Bonchev–Trinajstić information content (AvgIpc) is 2.46. The molecule has 2 N–H and O–H groups in total. The predicted molar refractivity (Wildman–Crippen MR) is 41.1 cm³/mol. The monoisotopic (exact) mass is 172 g/mol. The van der Waals surface area contributed by atoms with Gasteiger partial charge in [-0.25, -0.2) is 4.79 Å². The van der Waals surface area contributed by atoms with Gasteiger partial charge in [0, 0.05) is 13.1 Å². The third-order valence-corrected chi connectivity index (χ3v) is 2.38. The van der Waals surface area contributed by atoms with Gasteiger partial charge in [0.1, 0.15) is 0 Å². The number of carboxylic acid groups (broad SMARTS) is 1. The van der Waals surface area contributed by atoms with Crippen molar-refractivity contribution in [3.05, 3.63) is 0 Å². The molecule has 12 heavy (non-hydrogen) atoms. The number of nitrogens with one attached hydrogen (secondary N) is 1. The van der Waals surface area contributed by atoms with E-state index in [1.165, 1.54) is 4.90 Å². The van der Waals surface area contributed by atoms with Gasteiger partial charge in [-0.2, -0.15) is 0 Å². The second kappa shape index (κ2) is 2.91. The van der Waals surface area contributed by atoms with E-state index < -0.39 is 6.09 Å². The van der Waals surface area contributed by atoms with E-state index in [-0.39, 0.29) is 12.1 Å². The molecule has 5 heteroatoms. The van der Waals surface area contributed by atoms with E-state index in [4.69, 9.17) is 9.84 Å². The maximum atomic E-state index is 10.6. The molecule has 0 aromatic heterocycles. The molecule has 0 unspecified atom stereocenters. The first kappa shape index (κ1) is 7.82. The van der Waals surface area contributed by atoms with Crippen LogP contribution in [0.3, 0.4) is 0 Å². The lowest BCUT2D eigenvalue weighted by molar-refractivity contribution is 0.0179. The third kappa shape index (κ3) is 1.25. The fourth-order valence-electron chi connectivity index (χ4n) is 1.75. The summed E-state index contributed by atoms with van der Waals surface area (Å²) in [6.45, 7) is 2.58. The van der Waals surface area contributed by atoms with E-state index in [0.717, 1.165) is 6.54 Å². The lowest BCUT2D eigenvalue weighted by Gasteiger charge is -2.25. The Bertz CT molecular complexity index is 183. The highest BCUT2D eigenvalue weighted by molar-refractivity contribution is 5.65. The van der Waals surface area contributed by atoms with Gasteiger partial charge in [-0.15, -0.1) is 0 Å². The van der Waals surface area contributed by atoms with Crippen molar-refractivity contribution in [2.45, 2.75) is 12.1 Å². The second-order valence-electron chi connectivity index (χ2n) is 3.16. The summed E-state index contributed by atoms with van der Waals surface area (Å²) in [4.78, 5) is 12.0. The molecule has 2 heterocycles. The summed E-state index contributed by atoms with van der Waals surface area (Å²) in [5, 5.41) is 11.9. The van der Waals surface area contributed by atoms with E-state index in [1.54, 1.807) is 0 Å². The number of rotatable bonds is 0. The Balaban J connectivity index is 1.98. The zero-order valence-corrected chi connectivity index (χ0v) is 6.69. The standard InChI is InChI=1S/C7H12N2O3/c10-7(11)9-3-5-6(4-9)12-2-1-8-5/h5-6,8H,1-4H2,(H,10,11)/t5-,6-/m0/s1. The molecule has 0 aliphatic carbocycles. The minimum absolute atomic E-state index is 0.0647. The number of amides is 1. The summed E-state index contributed by atoms with van der Waals surface area (Å²) >= 11 is 0. The van der Waals surface area contributed by atoms with Crippen LogP contribution >= 0.6 is 0 Å². The first-order valence-electron chi connectivity index (χ1n) is 4.10. The van der Waals surface area contributed by atoms with Gasteiger partial charge in [0.05, 0.1) is 25.3 Å². The number of carbonyl (C=O) groups is 1. The number of nitrogens with zero attached hydrogens (tertiary/aromatic N) is 1. The molecule has 0 bridgehead atoms. The molecule has 68 valence electrons. The number of ether oxygens (including phenoxy) is 1. The van der Waals surface area contributed by atoms with Crippen molar-refractivity contribution < 1.29 is 14.6 Å². The maximum absolute atomic E-state index is 10.6. The molecule has 2 rings (SSSR count). The topological polar surface area (TPSA) is 61.8 Å². The Morgan fingerprint density at radius 3 is 3.08 bits per heavy atom. The van der Waals surface area contributed by atoms with Crippen LogP contribution in [0.4, 0.5) is 4.79 Å². The van der Waals surface area contributed by atoms with Gasteiger partial charge in [0.25, 0.3) is 0 Å². The van der Waals surface area contributed by atoms with Crippen molar-refractivity contribution in [1.82, 2.24) is 10.2 Å². The van der Waals surface area contributed by atoms with Crippen LogP contribution in [-0.4, -0.2) is 54.5 Å². The summed E-state index contributed by atoms with van der Waals surface area (Å²) in [6, 6.07) is 0.204. The lowest BCUT2D eigenvalue weighted by atomic mass is 10.2. The number of fused-ring (bicyclic) bond motifs is 1. The molecule has 2 fully saturated rings. The number of hydrogen-bond acceptors (Lipinski definition) is 3. The Morgan fingerprint density at radius 1 is 1.58 bits per heavy atom. The molecule has 0 aromatic carbocycles. The van der Waals surface area contributed by atoms with Crippen LogP contribution in [0.2, 0.25) is 0 Å². The predicted octanol–water partition coefficient (Wildman–Crippen LogP) is -0.663. The molecule has 0 radical (unpaired) electrons. The van der Waals surface area contributed by atoms with Crippen LogP contribution in [0, 0.1) is 0 Å². The van der Waals surface area contributed by atoms with Crippen LogP contribution in [0.15, 0.2) is 0 Å². The highest BCUT2D eigenvalue weighted by Gasteiger charge is 2.37.